The Hall–Kier alpha value is -1.51. The molecule has 0 atom stereocenters. The Kier molecular flexibility index (Phi) is 3.33. The molecular weight excluding hydrogens is 228 g/mol. The number of carboxylic acid groups (broad SMARTS) is 1. The van der Waals surface area contributed by atoms with Crippen LogP contribution in [-0.4, -0.2) is 17.2 Å². The third-order valence-electron chi connectivity index (χ3n) is 3.47. The van der Waals surface area contributed by atoms with Crippen LogP contribution in [-0.2, 0) is 10.2 Å². The summed E-state index contributed by atoms with van der Waals surface area (Å²) in [5.74, 6) is 0.120. The van der Waals surface area contributed by atoms with Gasteiger partial charge < -0.3 is 9.84 Å². The molecule has 1 fully saturated rings. The number of carbonyl (C=O) groups is 1. The lowest BCUT2D eigenvalue weighted by Gasteiger charge is -2.22. The third-order valence-corrected chi connectivity index (χ3v) is 3.47. The Morgan fingerprint density at radius 1 is 1.44 bits per heavy atom. The lowest BCUT2D eigenvalue weighted by atomic mass is 9.88. The SMILES string of the molecule is Cc1cccc(OC(C)C)c1C1(CC(=O)O)CC1. The summed E-state index contributed by atoms with van der Waals surface area (Å²) >= 11 is 0. The number of aryl methyl sites for hydroxylation is 1. The van der Waals surface area contributed by atoms with Crippen LogP contribution in [0.2, 0.25) is 0 Å². The maximum Gasteiger partial charge on any atom is 0.304 e. The normalized spacial score (nSPS) is 16.7. The maximum absolute atomic E-state index is 11.0. The van der Waals surface area contributed by atoms with Gasteiger partial charge in [-0.15, -0.1) is 0 Å². The fourth-order valence-corrected chi connectivity index (χ4v) is 2.63. The highest BCUT2D eigenvalue weighted by Crippen LogP contribution is 2.55. The minimum atomic E-state index is -0.730. The first-order valence-electron chi connectivity index (χ1n) is 6.43. The van der Waals surface area contributed by atoms with Crippen molar-refractivity contribution in [1.82, 2.24) is 0 Å². The lowest BCUT2D eigenvalue weighted by Crippen LogP contribution is -2.17. The lowest BCUT2D eigenvalue weighted by molar-refractivity contribution is -0.137. The fourth-order valence-electron chi connectivity index (χ4n) is 2.63. The quantitative estimate of drug-likeness (QED) is 0.869. The highest BCUT2D eigenvalue weighted by atomic mass is 16.5. The summed E-state index contributed by atoms with van der Waals surface area (Å²) in [6, 6.07) is 5.95. The average molecular weight is 248 g/mol. The molecule has 18 heavy (non-hydrogen) atoms. The molecule has 0 radical (unpaired) electrons. The predicted octanol–water partition coefficient (Wildman–Crippen LogP) is 3.29. The molecule has 0 saturated heterocycles. The van der Waals surface area contributed by atoms with Gasteiger partial charge in [0.25, 0.3) is 0 Å². The smallest absolute Gasteiger partial charge is 0.304 e. The molecule has 0 spiro atoms. The number of benzene rings is 1. The molecule has 1 N–H and O–H groups in total. The molecule has 98 valence electrons. The van der Waals surface area contributed by atoms with Gasteiger partial charge in [-0.2, -0.15) is 0 Å². The van der Waals surface area contributed by atoms with Crippen molar-refractivity contribution in [3.63, 3.8) is 0 Å². The van der Waals surface area contributed by atoms with Crippen molar-refractivity contribution in [3.8, 4) is 5.75 Å². The van der Waals surface area contributed by atoms with Crippen LogP contribution in [0.5, 0.6) is 5.75 Å². The van der Waals surface area contributed by atoms with Crippen molar-refractivity contribution >= 4 is 5.97 Å². The van der Waals surface area contributed by atoms with Crippen LogP contribution in [0.1, 0.15) is 44.2 Å². The minimum absolute atomic E-state index is 0.103. The highest BCUT2D eigenvalue weighted by Gasteiger charge is 2.48. The molecule has 1 aromatic rings. The van der Waals surface area contributed by atoms with Crippen LogP contribution in [0.25, 0.3) is 0 Å². The second-order valence-corrected chi connectivity index (χ2v) is 5.47. The molecule has 0 unspecified atom stereocenters. The van der Waals surface area contributed by atoms with E-state index >= 15 is 0 Å². The topological polar surface area (TPSA) is 46.5 Å². The van der Waals surface area contributed by atoms with E-state index in [1.54, 1.807) is 0 Å². The van der Waals surface area contributed by atoms with Gasteiger partial charge in [-0.1, -0.05) is 12.1 Å². The Labute approximate surface area is 108 Å². The molecule has 0 aliphatic heterocycles. The van der Waals surface area contributed by atoms with E-state index in [2.05, 4.69) is 0 Å². The minimum Gasteiger partial charge on any atom is -0.491 e. The number of hydrogen-bond donors (Lipinski definition) is 1. The predicted molar refractivity (Wildman–Crippen MR) is 70.1 cm³/mol. The van der Waals surface area contributed by atoms with E-state index in [4.69, 9.17) is 9.84 Å². The van der Waals surface area contributed by atoms with Crippen LogP contribution in [0.3, 0.4) is 0 Å². The summed E-state index contributed by atoms with van der Waals surface area (Å²) in [6.45, 7) is 6.01. The average Bonchev–Trinajstić information content (AvgIpc) is 2.96. The zero-order valence-electron chi connectivity index (χ0n) is 11.2. The fraction of sp³-hybridized carbons (Fsp3) is 0.533. The molecule has 1 aliphatic rings. The first-order chi connectivity index (χ1) is 8.44. The van der Waals surface area contributed by atoms with Crippen LogP contribution >= 0.6 is 0 Å². The summed E-state index contributed by atoms with van der Waals surface area (Å²) in [6.07, 6.45) is 2.19. The van der Waals surface area contributed by atoms with Crippen molar-refractivity contribution < 1.29 is 14.6 Å². The number of carboxylic acids is 1. The molecule has 3 heteroatoms. The molecule has 1 aliphatic carbocycles. The van der Waals surface area contributed by atoms with E-state index in [0.29, 0.717) is 0 Å². The number of aliphatic carboxylic acids is 1. The molecule has 0 bridgehead atoms. The summed E-state index contributed by atoms with van der Waals surface area (Å²) in [5.41, 5.74) is 2.04. The summed E-state index contributed by atoms with van der Waals surface area (Å²) in [4.78, 5) is 11.0. The summed E-state index contributed by atoms with van der Waals surface area (Å²) in [7, 11) is 0. The molecule has 2 rings (SSSR count). The largest absolute Gasteiger partial charge is 0.491 e. The van der Waals surface area contributed by atoms with Crippen molar-refractivity contribution in [2.75, 3.05) is 0 Å². The molecule has 0 aromatic heterocycles. The Balaban J connectivity index is 2.39. The number of ether oxygens (including phenoxy) is 1. The molecule has 1 saturated carbocycles. The van der Waals surface area contributed by atoms with Gasteiger partial charge in [-0.25, -0.2) is 0 Å². The van der Waals surface area contributed by atoms with E-state index < -0.39 is 5.97 Å². The third kappa shape index (κ3) is 2.50. The second-order valence-electron chi connectivity index (χ2n) is 5.47. The maximum atomic E-state index is 11.0. The zero-order chi connectivity index (χ0) is 13.3. The van der Waals surface area contributed by atoms with Crippen LogP contribution in [0.15, 0.2) is 18.2 Å². The van der Waals surface area contributed by atoms with Crippen molar-refractivity contribution in [2.45, 2.75) is 51.6 Å². The van der Waals surface area contributed by atoms with E-state index in [9.17, 15) is 4.79 Å². The number of rotatable bonds is 5. The Morgan fingerprint density at radius 3 is 2.61 bits per heavy atom. The van der Waals surface area contributed by atoms with Gasteiger partial charge in [-0.05, 0) is 45.2 Å². The van der Waals surface area contributed by atoms with Gasteiger partial charge in [-0.3, -0.25) is 4.79 Å². The van der Waals surface area contributed by atoms with Gasteiger partial charge >= 0.3 is 5.97 Å². The molecule has 3 nitrogen and oxygen atoms in total. The molecular formula is C15H20O3. The van der Waals surface area contributed by atoms with E-state index in [1.807, 2.05) is 39.0 Å². The van der Waals surface area contributed by atoms with Gasteiger partial charge in [0.1, 0.15) is 5.75 Å². The van der Waals surface area contributed by atoms with E-state index in [-0.39, 0.29) is 17.9 Å². The highest BCUT2D eigenvalue weighted by molar-refractivity contribution is 5.71. The monoisotopic (exact) mass is 248 g/mol. The van der Waals surface area contributed by atoms with E-state index in [0.717, 1.165) is 29.7 Å². The van der Waals surface area contributed by atoms with Gasteiger partial charge in [0.15, 0.2) is 0 Å². The number of hydrogen-bond acceptors (Lipinski definition) is 2. The first-order valence-corrected chi connectivity index (χ1v) is 6.43. The van der Waals surface area contributed by atoms with Crippen molar-refractivity contribution in [3.05, 3.63) is 29.3 Å². The second kappa shape index (κ2) is 4.63. The van der Waals surface area contributed by atoms with E-state index in [1.165, 1.54) is 0 Å². The van der Waals surface area contributed by atoms with Crippen LogP contribution in [0.4, 0.5) is 0 Å². The molecule has 0 amide bonds. The van der Waals surface area contributed by atoms with Gasteiger partial charge in [0.2, 0.25) is 0 Å². The van der Waals surface area contributed by atoms with Crippen LogP contribution < -0.4 is 4.74 Å². The molecule has 0 heterocycles. The first kappa shape index (κ1) is 12.9. The van der Waals surface area contributed by atoms with Crippen molar-refractivity contribution in [2.24, 2.45) is 0 Å². The van der Waals surface area contributed by atoms with Gasteiger partial charge in [0.05, 0.1) is 12.5 Å². The molecule has 1 aromatic carbocycles. The Morgan fingerprint density at radius 2 is 2.11 bits per heavy atom. The summed E-state index contributed by atoms with van der Waals surface area (Å²) < 4.78 is 5.84. The van der Waals surface area contributed by atoms with Gasteiger partial charge in [0, 0.05) is 11.0 Å². The summed E-state index contributed by atoms with van der Waals surface area (Å²) in [5, 5.41) is 9.07. The Bertz CT molecular complexity index is 459. The standard InChI is InChI=1S/C15H20O3/c1-10(2)18-12-6-4-5-11(3)14(12)15(7-8-15)9-13(16)17/h4-6,10H,7-9H2,1-3H3,(H,16,17). The van der Waals surface area contributed by atoms with Crippen molar-refractivity contribution in [1.29, 1.82) is 0 Å². The van der Waals surface area contributed by atoms with Crippen LogP contribution in [0, 0.1) is 6.92 Å². The zero-order valence-corrected chi connectivity index (χ0v) is 11.2.